The number of Topliss-reactive ketones (excluding diaryl/α,β-unsaturated/α-hetero) is 1. The summed E-state index contributed by atoms with van der Waals surface area (Å²) in [6.45, 7) is 0. The summed E-state index contributed by atoms with van der Waals surface area (Å²) in [7, 11) is 1.57. The van der Waals surface area contributed by atoms with Crippen molar-refractivity contribution in [3.63, 3.8) is 0 Å². The molecule has 0 fully saturated rings. The second-order valence-corrected chi connectivity index (χ2v) is 7.77. The van der Waals surface area contributed by atoms with Crippen LogP contribution in [0.15, 0.2) is 51.7 Å². The van der Waals surface area contributed by atoms with Crippen LogP contribution in [0.3, 0.4) is 0 Å². The summed E-state index contributed by atoms with van der Waals surface area (Å²) < 4.78 is 7.16. The van der Waals surface area contributed by atoms with Crippen LogP contribution in [-0.2, 0) is 0 Å². The summed E-state index contributed by atoms with van der Waals surface area (Å²) in [5, 5.41) is 0.561. The number of carbonyl (C=O) groups is 1. The van der Waals surface area contributed by atoms with Crippen molar-refractivity contribution in [3.05, 3.63) is 82.6 Å². The molecule has 132 valence electrons. The first-order valence-electron chi connectivity index (χ1n) is 7.52. The molecule has 0 unspecified atom stereocenters. The van der Waals surface area contributed by atoms with E-state index in [1.165, 1.54) is 17.4 Å². The number of carbonyl (C=O) groups excluding carboxylic acids is 1. The van der Waals surface area contributed by atoms with Crippen LogP contribution in [0.2, 0.25) is 5.02 Å². The Morgan fingerprint density at radius 2 is 1.96 bits per heavy atom. The highest BCUT2D eigenvalue weighted by atomic mass is 79.9. The van der Waals surface area contributed by atoms with Crippen LogP contribution in [0.25, 0.3) is 12.2 Å². The summed E-state index contributed by atoms with van der Waals surface area (Å²) in [5.74, 6) is 0.453. The molecule has 26 heavy (non-hydrogen) atoms. The van der Waals surface area contributed by atoms with E-state index in [1.54, 1.807) is 37.5 Å². The van der Waals surface area contributed by atoms with E-state index >= 15 is 0 Å². The number of methoxy groups -OCH3 is 1. The molecule has 1 N–H and O–H groups in total. The highest BCUT2D eigenvalue weighted by Crippen LogP contribution is 2.23. The first-order chi connectivity index (χ1) is 12.5. The van der Waals surface area contributed by atoms with Gasteiger partial charge in [-0.25, -0.2) is 0 Å². The molecule has 2 aromatic carbocycles. The van der Waals surface area contributed by atoms with Crippen molar-refractivity contribution >= 4 is 56.8 Å². The van der Waals surface area contributed by atoms with Crippen LogP contribution < -0.4 is 19.5 Å². The van der Waals surface area contributed by atoms with Gasteiger partial charge >= 0.3 is 0 Å². The fourth-order valence-corrected chi connectivity index (χ4v) is 3.68. The van der Waals surface area contributed by atoms with E-state index in [4.69, 9.17) is 16.3 Å². The number of ether oxygens (including phenoxy) is 1. The van der Waals surface area contributed by atoms with Gasteiger partial charge in [0.2, 0.25) is 0 Å². The number of ketones is 1. The lowest BCUT2D eigenvalue weighted by Crippen LogP contribution is -2.20. The van der Waals surface area contributed by atoms with Gasteiger partial charge in [-0.15, -0.1) is 11.3 Å². The van der Waals surface area contributed by atoms with Gasteiger partial charge in [0.25, 0.3) is 5.56 Å². The largest absolute Gasteiger partial charge is 0.496 e. The zero-order valence-corrected chi connectivity index (χ0v) is 16.7. The number of aromatic nitrogens is 1. The molecule has 7 heteroatoms. The fraction of sp³-hybridized carbons (Fsp3) is 0.0526. The lowest BCUT2D eigenvalue weighted by Gasteiger charge is -2.04. The summed E-state index contributed by atoms with van der Waals surface area (Å²) in [6, 6.07) is 12.1. The monoisotopic (exact) mass is 449 g/mol. The van der Waals surface area contributed by atoms with Gasteiger partial charge in [-0.3, -0.25) is 9.59 Å². The summed E-state index contributed by atoms with van der Waals surface area (Å²) in [6.07, 6.45) is 3.14. The van der Waals surface area contributed by atoms with Crippen molar-refractivity contribution in [3.8, 4) is 5.75 Å². The van der Waals surface area contributed by atoms with E-state index in [1.807, 2.05) is 18.2 Å². The highest BCUT2D eigenvalue weighted by Gasteiger charge is 2.05. The number of thiazole rings is 1. The summed E-state index contributed by atoms with van der Waals surface area (Å²) in [4.78, 5) is 27.2. The van der Waals surface area contributed by atoms with Crippen LogP contribution in [0.4, 0.5) is 0 Å². The number of H-pyrrole nitrogens is 1. The first kappa shape index (κ1) is 18.6. The Balaban J connectivity index is 2.02. The van der Waals surface area contributed by atoms with Gasteiger partial charge in [-0.2, -0.15) is 0 Å². The smallest absolute Gasteiger partial charge is 0.266 e. The normalized spacial score (nSPS) is 12.4. The number of hydrogen-bond donors (Lipinski definition) is 1. The Hall–Kier alpha value is -2.15. The molecule has 0 radical (unpaired) electrons. The average molecular weight is 451 g/mol. The maximum atomic E-state index is 12.3. The number of rotatable bonds is 4. The van der Waals surface area contributed by atoms with Crippen molar-refractivity contribution in [2.24, 2.45) is 0 Å². The van der Waals surface area contributed by atoms with Gasteiger partial charge in [-0.05, 0) is 48.5 Å². The van der Waals surface area contributed by atoms with E-state index in [9.17, 15) is 9.59 Å². The predicted molar refractivity (Wildman–Crippen MR) is 109 cm³/mol. The molecule has 0 bridgehead atoms. The number of halogens is 2. The SMILES string of the molecule is COc1ccc(Br)cc1/C=c1\s/c(=C\C(=O)c2ccc(Cl)cc2)[nH]c1=O. The minimum Gasteiger partial charge on any atom is -0.496 e. The Kier molecular flexibility index (Phi) is 5.76. The van der Waals surface area contributed by atoms with Crippen molar-refractivity contribution in [1.29, 1.82) is 0 Å². The van der Waals surface area contributed by atoms with E-state index < -0.39 is 0 Å². The molecule has 0 amide bonds. The standard InChI is InChI=1S/C19H13BrClNO3S/c1-25-16-7-4-13(20)8-12(16)9-17-19(24)22-18(26-17)10-15(23)11-2-5-14(21)6-3-11/h2-10H,1H3,(H,22,24)/b17-9-,18-10-. The molecule has 1 heterocycles. The zero-order valence-electron chi connectivity index (χ0n) is 13.6. The molecule has 0 saturated heterocycles. The number of benzene rings is 2. The van der Waals surface area contributed by atoms with Crippen molar-refractivity contribution in [1.82, 2.24) is 4.98 Å². The number of hydrogen-bond acceptors (Lipinski definition) is 4. The van der Waals surface area contributed by atoms with Gasteiger partial charge in [0.1, 0.15) is 5.75 Å². The van der Waals surface area contributed by atoms with E-state index in [2.05, 4.69) is 20.9 Å². The highest BCUT2D eigenvalue weighted by molar-refractivity contribution is 9.10. The topological polar surface area (TPSA) is 59.2 Å². The lowest BCUT2D eigenvalue weighted by molar-refractivity contribution is 0.106. The van der Waals surface area contributed by atoms with Crippen molar-refractivity contribution in [2.45, 2.75) is 0 Å². The Labute approximate surface area is 166 Å². The molecular formula is C19H13BrClNO3S. The Morgan fingerprint density at radius 3 is 2.65 bits per heavy atom. The number of aromatic amines is 1. The fourth-order valence-electron chi connectivity index (χ4n) is 2.30. The minimum atomic E-state index is -0.257. The van der Waals surface area contributed by atoms with Crippen LogP contribution in [-0.4, -0.2) is 17.9 Å². The molecule has 1 aromatic heterocycles. The van der Waals surface area contributed by atoms with Crippen molar-refractivity contribution in [2.75, 3.05) is 7.11 Å². The van der Waals surface area contributed by atoms with Gasteiger partial charge in [0.15, 0.2) is 5.78 Å². The first-order valence-corrected chi connectivity index (χ1v) is 9.51. The third-order valence-corrected chi connectivity index (χ3v) is 5.26. The van der Waals surface area contributed by atoms with E-state index in [-0.39, 0.29) is 11.3 Å². The molecular weight excluding hydrogens is 438 g/mol. The van der Waals surface area contributed by atoms with E-state index in [0.29, 0.717) is 25.5 Å². The molecule has 0 aliphatic rings. The molecule has 0 aliphatic heterocycles. The van der Waals surface area contributed by atoms with Crippen LogP contribution in [0.1, 0.15) is 15.9 Å². The third-order valence-electron chi connectivity index (χ3n) is 3.55. The zero-order chi connectivity index (χ0) is 18.7. The summed E-state index contributed by atoms with van der Waals surface area (Å²) in [5.41, 5.74) is 1.01. The van der Waals surface area contributed by atoms with Crippen LogP contribution >= 0.6 is 38.9 Å². The second-order valence-electron chi connectivity index (χ2n) is 5.33. The Morgan fingerprint density at radius 1 is 1.23 bits per heavy atom. The summed E-state index contributed by atoms with van der Waals surface area (Å²) >= 11 is 10.4. The minimum absolute atomic E-state index is 0.203. The van der Waals surface area contributed by atoms with Crippen molar-refractivity contribution < 1.29 is 9.53 Å². The molecule has 4 nitrogen and oxygen atoms in total. The molecule has 3 rings (SSSR count). The van der Waals surface area contributed by atoms with Crippen LogP contribution in [0, 0.1) is 0 Å². The predicted octanol–water partition coefficient (Wildman–Crippen LogP) is 3.35. The maximum absolute atomic E-state index is 12.3. The maximum Gasteiger partial charge on any atom is 0.266 e. The number of nitrogens with one attached hydrogen (secondary N) is 1. The van der Waals surface area contributed by atoms with Gasteiger partial charge < -0.3 is 9.72 Å². The van der Waals surface area contributed by atoms with E-state index in [0.717, 1.165) is 10.0 Å². The van der Waals surface area contributed by atoms with Gasteiger partial charge in [0.05, 0.1) is 16.3 Å². The third kappa shape index (κ3) is 4.33. The molecule has 3 aromatic rings. The molecule has 0 atom stereocenters. The second kappa shape index (κ2) is 8.03. The van der Waals surface area contributed by atoms with Crippen LogP contribution in [0.5, 0.6) is 5.75 Å². The van der Waals surface area contributed by atoms with Gasteiger partial charge in [0, 0.05) is 26.7 Å². The average Bonchev–Trinajstić information content (AvgIpc) is 2.95. The Bertz CT molecular complexity index is 1130. The van der Waals surface area contributed by atoms with Gasteiger partial charge in [-0.1, -0.05) is 27.5 Å². The molecule has 0 aliphatic carbocycles. The molecule has 0 saturated carbocycles. The lowest BCUT2D eigenvalue weighted by atomic mass is 10.1. The quantitative estimate of drug-likeness (QED) is 0.620. The molecule has 0 spiro atoms.